The maximum absolute atomic E-state index is 12.9. The molecular weight excluding hydrogens is 394 g/mol. The molecule has 7 nitrogen and oxygen atoms in total. The molecule has 2 aromatic heterocycles. The Morgan fingerprint density at radius 1 is 1.32 bits per heavy atom. The number of rotatable bonds is 6. The lowest BCUT2D eigenvalue weighted by Crippen LogP contribution is -2.40. The van der Waals surface area contributed by atoms with Gasteiger partial charge in [0.1, 0.15) is 5.75 Å². The third-order valence-corrected chi connectivity index (χ3v) is 6.79. The highest BCUT2D eigenvalue weighted by molar-refractivity contribution is 7.99. The Morgan fingerprint density at radius 2 is 2.14 bits per heavy atom. The number of thiophene rings is 1. The first kappa shape index (κ1) is 18.9. The van der Waals surface area contributed by atoms with Crippen molar-refractivity contribution in [3.8, 4) is 11.4 Å². The molecule has 0 N–H and O–H groups in total. The minimum absolute atomic E-state index is 0.123. The Bertz CT molecular complexity index is 953. The summed E-state index contributed by atoms with van der Waals surface area (Å²) in [6.07, 6.45) is 1.85. The summed E-state index contributed by atoms with van der Waals surface area (Å²) in [5.41, 5.74) is 2.13. The number of methoxy groups -OCH3 is 1. The van der Waals surface area contributed by atoms with Crippen LogP contribution in [-0.2, 0) is 11.2 Å². The molecule has 1 aromatic carbocycles. The predicted molar refractivity (Wildman–Crippen MR) is 109 cm³/mol. The average Bonchev–Trinajstić information content (AvgIpc) is 3.40. The van der Waals surface area contributed by atoms with Gasteiger partial charge in [-0.05, 0) is 64.5 Å². The molecular formula is C19H21N5O2S2. The summed E-state index contributed by atoms with van der Waals surface area (Å²) in [5, 5.41) is 14.6. The van der Waals surface area contributed by atoms with Crippen molar-refractivity contribution in [3.63, 3.8) is 0 Å². The van der Waals surface area contributed by atoms with Crippen LogP contribution < -0.4 is 4.74 Å². The van der Waals surface area contributed by atoms with Gasteiger partial charge in [-0.1, -0.05) is 18.7 Å². The van der Waals surface area contributed by atoms with E-state index >= 15 is 0 Å². The van der Waals surface area contributed by atoms with E-state index in [0.717, 1.165) is 30.8 Å². The monoisotopic (exact) mass is 415 g/mol. The van der Waals surface area contributed by atoms with Crippen molar-refractivity contribution in [2.75, 3.05) is 19.4 Å². The number of fused-ring (bicyclic) bond motifs is 1. The Hall–Kier alpha value is -2.39. The number of amides is 1. The van der Waals surface area contributed by atoms with Crippen LogP contribution in [0, 0.1) is 0 Å². The van der Waals surface area contributed by atoms with Gasteiger partial charge >= 0.3 is 0 Å². The second kappa shape index (κ2) is 8.32. The third kappa shape index (κ3) is 3.64. The molecule has 0 aliphatic carbocycles. The first-order valence-corrected chi connectivity index (χ1v) is 11.0. The van der Waals surface area contributed by atoms with Crippen molar-refractivity contribution in [1.82, 2.24) is 25.1 Å². The molecule has 1 atom stereocenters. The van der Waals surface area contributed by atoms with Gasteiger partial charge in [-0.15, -0.1) is 16.4 Å². The van der Waals surface area contributed by atoms with Gasteiger partial charge in [-0.3, -0.25) is 4.79 Å². The highest BCUT2D eigenvalue weighted by Gasteiger charge is 2.30. The minimum atomic E-state index is 0.123. The van der Waals surface area contributed by atoms with Crippen LogP contribution in [0.3, 0.4) is 0 Å². The fraction of sp³-hybridized carbons (Fsp3) is 0.368. The van der Waals surface area contributed by atoms with Crippen molar-refractivity contribution < 1.29 is 9.53 Å². The van der Waals surface area contributed by atoms with E-state index in [2.05, 4.69) is 33.9 Å². The molecule has 0 saturated carbocycles. The lowest BCUT2D eigenvalue weighted by Gasteiger charge is -2.35. The number of aromatic nitrogens is 4. The maximum Gasteiger partial charge on any atom is 0.233 e. The minimum Gasteiger partial charge on any atom is -0.497 e. The van der Waals surface area contributed by atoms with Gasteiger partial charge in [-0.2, -0.15) is 4.68 Å². The Morgan fingerprint density at radius 3 is 2.89 bits per heavy atom. The number of benzene rings is 1. The summed E-state index contributed by atoms with van der Waals surface area (Å²) in [6, 6.07) is 9.81. The van der Waals surface area contributed by atoms with Gasteiger partial charge in [0.05, 0.1) is 24.6 Å². The van der Waals surface area contributed by atoms with E-state index in [9.17, 15) is 4.79 Å². The van der Waals surface area contributed by atoms with Gasteiger partial charge in [-0.25, -0.2) is 0 Å². The number of tetrazole rings is 1. The van der Waals surface area contributed by atoms with Gasteiger partial charge in [0.25, 0.3) is 0 Å². The molecule has 0 bridgehead atoms. The molecule has 0 radical (unpaired) electrons. The fourth-order valence-corrected chi connectivity index (χ4v) is 5.20. The molecule has 0 fully saturated rings. The number of hydrogen-bond donors (Lipinski definition) is 0. The van der Waals surface area contributed by atoms with E-state index in [-0.39, 0.29) is 11.9 Å². The smallest absolute Gasteiger partial charge is 0.233 e. The van der Waals surface area contributed by atoms with Crippen LogP contribution in [0.5, 0.6) is 5.75 Å². The topological polar surface area (TPSA) is 73.1 Å². The highest BCUT2D eigenvalue weighted by atomic mass is 32.2. The normalized spacial score (nSPS) is 16.1. The molecule has 146 valence electrons. The van der Waals surface area contributed by atoms with Crippen LogP contribution in [0.15, 0.2) is 40.9 Å². The fourth-order valence-electron chi connectivity index (χ4n) is 3.50. The zero-order valence-electron chi connectivity index (χ0n) is 15.7. The summed E-state index contributed by atoms with van der Waals surface area (Å²) in [5.74, 6) is 1.20. The van der Waals surface area contributed by atoms with E-state index < -0.39 is 0 Å². The van der Waals surface area contributed by atoms with Crippen LogP contribution in [0.1, 0.15) is 29.8 Å². The molecule has 3 heterocycles. The number of ether oxygens (including phenoxy) is 1. The molecule has 1 unspecified atom stereocenters. The summed E-state index contributed by atoms with van der Waals surface area (Å²) in [7, 11) is 1.63. The molecule has 1 aliphatic rings. The Labute approximate surface area is 171 Å². The number of carbonyl (C=O) groups excluding carboxylic acids is 1. The Kier molecular flexibility index (Phi) is 5.63. The predicted octanol–water partition coefficient (Wildman–Crippen LogP) is 3.36. The number of nitrogens with zero attached hydrogens (tertiary/aromatic N) is 5. The summed E-state index contributed by atoms with van der Waals surface area (Å²) < 4.78 is 6.83. The molecule has 3 aromatic rings. The second-order valence-electron chi connectivity index (χ2n) is 6.42. The zero-order valence-corrected chi connectivity index (χ0v) is 17.4. The first-order valence-electron chi connectivity index (χ1n) is 9.12. The van der Waals surface area contributed by atoms with Crippen molar-refractivity contribution in [2.45, 2.75) is 31.0 Å². The van der Waals surface area contributed by atoms with Crippen LogP contribution in [-0.4, -0.2) is 50.4 Å². The largest absolute Gasteiger partial charge is 0.497 e. The molecule has 9 heteroatoms. The highest BCUT2D eigenvalue weighted by Crippen LogP contribution is 2.35. The maximum atomic E-state index is 12.9. The lowest BCUT2D eigenvalue weighted by atomic mass is 9.98. The third-order valence-electron chi connectivity index (χ3n) is 4.88. The van der Waals surface area contributed by atoms with Crippen LogP contribution in [0.2, 0.25) is 0 Å². The van der Waals surface area contributed by atoms with E-state index in [0.29, 0.717) is 10.9 Å². The van der Waals surface area contributed by atoms with E-state index in [1.165, 1.54) is 22.2 Å². The summed E-state index contributed by atoms with van der Waals surface area (Å²) in [4.78, 5) is 16.4. The van der Waals surface area contributed by atoms with E-state index in [4.69, 9.17) is 4.74 Å². The van der Waals surface area contributed by atoms with E-state index in [1.54, 1.807) is 23.1 Å². The molecule has 28 heavy (non-hydrogen) atoms. The lowest BCUT2D eigenvalue weighted by molar-refractivity contribution is -0.131. The van der Waals surface area contributed by atoms with Crippen molar-refractivity contribution >= 4 is 29.0 Å². The quantitative estimate of drug-likeness (QED) is 0.575. The van der Waals surface area contributed by atoms with Crippen molar-refractivity contribution in [1.29, 1.82) is 0 Å². The molecule has 1 aliphatic heterocycles. The SMILES string of the molecule is CCC1c2ccsc2CCN1C(=O)CSc1nnnn1-c1ccc(OC)cc1. The zero-order chi connectivity index (χ0) is 19.5. The van der Waals surface area contributed by atoms with Crippen LogP contribution in [0.25, 0.3) is 5.69 Å². The number of hydrogen-bond acceptors (Lipinski definition) is 7. The molecule has 4 rings (SSSR count). The molecule has 0 saturated heterocycles. The van der Waals surface area contributed by atoms with E-state index in [1.807, 2.05) is 29.2 Å². The standard InChI is InChI=1S/C19H21N5O2S2/c1-3-16-15-9-11-27-17(15)8-10-23(16)18(25)12-28-19-20-21-22-24(19)13-4-6-14(26-2)7-5-13/h4-7,9,11,16H,3,8,10,12H2,1-2H3. The molecule has 1 amide bonds. The first-order chi connectivity index (χ1) is 13.7. The van der Waals surface area contributed by atoms with Gasteiger partial charge in [0, 0.05) is 11.4 Å². The van der Waals surface area contributed by atoms with Crippen molar-refractivity contribution in [3.05, 3.63) is 46.2 Å². The van der Waals surface area contributed by atoms with Crippen molar-refractivity contribution in [2.24, 2.45) is 0 Å². The number of thioether (sulfide) groups is 1. The van der Waals surface area contributed by atoms with Gasteiger partial charge in [0.15, 0.2) is 0 Å². The second-order valence-corrected chi connectivity index (χ2v) is 8.36. The van der Waals surface area contributed by atoms with Gasteiger partial charge < -0.3 is 9.64 Å². The average molecular weight is 416 g/mol. The summed E-state index contributed by atoms with van der Waals surface area (Å²) >= 11 is 3.15. The molecule has 0 spiro atoms. The van der Waals surface area contributed by atoms with Crippen LogP contribution in [0.4, 0.5) is 0 Å². The Balaban J connectivity index is 1.45. The summed E-state index contributed by atoms with van der Waals surface area (Å²) in [6.45, 7) is 2.91. The van der Waals surface area contributed by atoms with Crippen LogP contribution >= 0.6 is 23.1 Å². The number of carbonyl (C=O) groups is 1. The van der Waals surface area contributed by atoms with Gasteiger partial charge in [0.2, 0.25) is 11.1 Å².